The van der Waals surface area contributed by atoms with Crippen LogP contribution in [0.15, 0.2) is 78.0 Å². The van der Waals surface area contributed by atoms with Crippen molar-refractivity contribution in [2.75, 3.05) is 0 Å². The molecule has 7 heteroatoms. The number of carbonyl (C=O) groups is 1. The third-order valence-electron chi connectivity index (χ3n) is 3.39. The van der Waals surface area contributed by atoms with Crippen LogP contribution < -0.4 is 5.36 Å². The SMILES string of the molecule is O=C(N=c1ccn(-c2ccccc2)nc1)c1cccc(C(F)(F)F)c1. The molecule has 2 aromatic carbocycles. The van der Waals surface area contributed by atoms with E-state index >= 15 is 0 Å². The summed E-state index contributed by atoms with van der Waals surface area (Å²) in [6.07, 6.45) is -1.52. The van der Waals surface area contributed by atoms with Crippen molar-refractivity contribution in [2.24, 2.45) is 4.99 Å². The summed E-state index contributed by atoms with van der Waals surface area (Å²) in [4.78, 5) is 15.9. The Hall–Kier alpha value is -3.22. The molecule has 3 aromatic rings. The van der Waals surface area contributed by atoms with Crippen LogP contribution in [0.5, 0.6) is 0 Å². The van der Waals surface area contributed by atoms with Gasteiger partial charge in [0.25, 0.3) is 5.91 Å². The van der Waals surface area contributed by atoms with Crippen molar-refractivity contribution >= 4 is 5.91 Å². The van der Waals surface area contributed by atoms with Crippen molar-refractivity contribution in [1.29, 1.82) is 0 Å². The van der Waals surface area contributed by atoms with E-state index in [4.69, 9.17) is 0 Å². The fourth-order valence-electron chi connectivity index (χ4n) is 2.16. The van der Waals surface area contributed by atoms with Crippen LogP contribution in [0.2, 0.25) is 0 Å². The Morgan fingerprint density at radius 3 is 2.40 bits per heavy atom. The number of benzene rings is 2. The Kier molecular flexibility index (Phi) is 4.47. The standard InChI is InChI=1S/C18H12F3N3O/c19-18(20,21)14-6-4-5-13(11-14)17(25)23-15-9-10-24(22-12-15)16-7-2-1-3-8-16/h1-12H. The van der Waals surface area contributed by atoms with Gasteiger partial charge in [-0.3, -0.25) is 4.79 Å². The fourth-order valence-corrected chi connectivity index (χ4v) is 2.16. The third-order valence-corrected chi connectivity index (χ3v) is 3.39. The van der Waals surface area contributed by atoms with Gasteiger partial charge in [0.1, 0.15) is 0 Å². The van der Waals surface area contributed by atoms with Crippen LogP contribution in [0.1, 0.15) is 15.9 Å². The maximum absolute atomic E-state index is 12.7. The zero-order chi connectivity index (χ0) is 17.9. The molecule has 1 heterocycles. The molecule has 0 aliphatic carbocycles. The summed E-state index contributed by atoms with van der Waals surface area (Å²) in [5.74, 6) is -0.759. The van der Waals surface area contributed by atoms with Crippen LogP contribution in [0, 0.1) is 0 Å². The van der Waals surface area contributed by atoms with Crippen LogP contribution in [0.3, 0.4) is 0 Å². The topological polar surface area (TPSA) is 47.2 Å². The number of rotatable bonds is 2. The van der Waals surface area contributed by atoms with Gasteiger partial charge in [-0.15, -0.1) is 0 Å². The first-order chi connectivity index (χ1) is 11.9. The Balaban J connectivity index is 1.87. The highest BCUT2D eigenvalue weighted by Gasteiger charge is 2.30. The van der Waals surface area contributed by atoms with Gasteiger partial charge in [0.15, 0.2) is 0 Å². The molecule has 0 bridgehead atoms. The number of alkyl halides is 3. The lowest BCUT2D eigenvalue weighted by Crippen LogP contribution is -2.12. The van der Waals surface area contributed by atoms with E-state index in [-0.39, 0.29) is 10.9 Å². The van der Waals surface area contributed by atoms with Crippen molar-refractivity contribution in [2.45, 2.75) is 6.18 Å². The van der Waals surface area contributed by atoms with Crippen molar-refractivity contribution in [1.82, 2.24) is 9.78 Å². The molecule has 4 nitrogen and oxygen atoms in total. The molecule has 25 heavy (non-hydrogen) atoms. The molecule has 0 aliphatic heterocycles. The Bertz CT molecular complexity index is 943. The van der Waals surface area contributed by atoms with E-state index in [1.807, 2.05) is 30.3 Å². The largest absolute Gasteiger partial charge is 0.416 e. The molecule has 3 rings (SSSR count). The van der Waals surface area contributed by atoms with E-state index in [9.17, 15) is 18.0 Å². The van der Waals surface area contributed by atoms with Gasteiger partial charge in [-0.2, -0.15) is 18.3 Å². The van der Waals surface area contributed by atoms with Crippen LogP contribution >= 0.6 is 0 Å². The second-order valence-corrected chi connectivity index (χ2v) is 5.16. The Morgan fingerprint density at radius 2 is 1.76 bits per heavy atom. The molecular weight excluding hydrogens is 331 g/mol. The highest BCUT2D eigenvalue weighted by Crippen LogP contribution is 2.29. The van der Waals surface area contributed by atoms with Crippen LogP contribution in [-0.2, 0) is 6.18 Å². The second kappa shape index (κ2) is 6.72. The number of aromatic nitrogens is 2. The summed E-state index contributed by atoms with van der Waals surface area (Å²) >= 11 is 0. The van der Waals surface area contributed by atoms with E-state index < -0.39 is 17.6 Å². The minimum atomic E-state index is -4.51. The molecule has 0 radical (unpaired) electrons. The van der Waals surface area contributed by atoms with E-state index in [1.54, 1.807) is 16.9 Å². The molecule has 1 amide bonds. The normalized spacial score (nSPS) is 12.2. The molecule has 126 valence electrons. The number of amides is 1. The van der Waals surface area contributed by atoms with Crippen molar-refractivity contribution < 1.29 is 18.0 Å². The van der Waals surface area contributed by atoms with Crippen molar-refractivity contribution in [3.05, 3.63) is 89.5 Å². The molecular formula is C18H12F3N3O. The summed E-state index contributed by atoms with van der Waals surface area (Å²) in [5, 5.41) is 4.40. The van der Waals surface area contributed by atoms with Gasteiger partial charge in [-0.25, -0.2) is 9.67 Å². The van der Waals surface area contributed by atoms with Gasteiger partial charge >= 0.3 is 6.18 Å². The van der Waals surface area contributed by atoms with E-state index in [1.165, 1.54) is 18.3 Å². The molecule has 0 unspecified atom stereocenters. The number of carbonyl (C=O) groups excluding carboxylic acids is 1. The van der Waals surface area contributed by atoms with Gasteiger partial charge in [-0.1, -0.05) is 24.3 Å². The first-order valence-corrected chi connectivity index (χ1v) is 7.30. The zero-order valence-electron chi connectivity index (χ0n) is 12.8. The molecule has 0 aliphatic rings. The number of halogens is 3. The maximum atomic E-state index is 12.7. The fraction of sp³-hybridized carbons (Fsp3) is 0.0556. The van der Waals surface area contributed by atoms with Crippen molar-refractivity contribution in [3.63, 3.8) is 0 Å². The highest BCUT2D eigenvalue weighted by atomic mass is 19.4. The first-order valence-electron chi connectivity index (χ1n) is 7.30. The van der Waals surface area contributed by atoms with Gasteiger partial charge in [0.2, 0.25) is 0 Å². The number of hydrogen-bond acceptors (Lipinski definition) is 2. The first kappa shape index (κ1) is 16.6. The highest BCUT2D eigenvalue weighted by molar-refractivity contribution is 5.95. The molecule has 0 saturated carbocycles. The van der Waals surface area contributed by atoms with Crippen molar-refractivity contribution in [3.8, 4) is 5.69 Å². The minimum Gasteiger partial charge on any atom is -0.267 e. The lowest BCUT2D eigenvalue weighted by molar-refractivity contribution is -0.137. The predicted octanol–water partition coefficient (Wildman–Crippen LogP) is 3.63. The molecule has 1 aromatic heterocycles. The predicted molar refractivity (Wildman–Crippen MR) is 84.9 cm³/mol. The van der Waals surface area contributed by atoms with Gasteiger partial charge in [0.05, 0.1) is 22.8 Å². The Labute approximate surface area is 140 Å². The van der Waals surface area contributed by atoms with Gasteiger partial charge < -0.3 is 0 Å². The van der Waals surface area contributed by atoms with Crippen LogP contribution in [0.4, 0.5) is 13.2 Å². The molecule has 0 spiro atoms. The summed E-state index contributed by atoms with van der Waals surface area (Å²) in [6, 6.07) is 15.0. The van der Waals surface area contributed by atoms with Gasteiger partial charge in [-0.05, 0) is 36.4 Å². The molecule has 0 atom stereocenters. The molecule has 0 fully saturated rings. The maximum Gasteiger partial charge on any atom is 0.416 e. The molecule has 0 saturated heterocycles. The summed E-state index contributed by atoms with van der Waals surface area (Å²) in [5.41, 5.74) is -0.186. The monoisotopic (exact) mass is 343 g/mol. The van der Waals surface area contributed by atoms with E-state index in [2.05, 4.69) is 10.1 Å². The summed E-state index contributed by atoms with van der Waals surface area (Å²) < 4.78 is 39.7. The number of para-hydroxylation sites is 1. The lowest BCUT2D eigenvalue weighted by atomic mass is 10.1. The van der Waals surface area contributed by atoms with Crippen LogP contribution in [0.25, 0.3) is 5.69 Å². The van der Waals surface area contributed by atoms with E-state index in [0.717, 1.165) is 17.8 Å². The second-order valence-electron chi connectivity index (χ2n) is 5.16. The Morgan fingerprint density at radius 1 is 1.00 bits per heavy atom. The average molecular weight is 343 g/mol. The third kappa shape index (κ3) is 4.00. The average Bonchev–Trinajstić information content (AvgIpc) is 2.62. The summed E-state index contributed by atoms with van der Waals surface area (Å²) in [6.45, 7) is 0. The summed E-state index contributed by atoms with van der Waals surface area (Å²) in [7, 11) is 0. The zero-order valence-corrected chi connectivity index (χ0v) is 12.8. The minimum absolute atomic E-state index is 0.130. The lowest BCUT2D eigenvalue weighted by Gasteiger charge is -2.06. The number of nitrogens with zero attached hydrogens (tertiary/aromatic N) is 3. The number of hydrogen-bond donors (Lipinski definition) is 0. The van der Waals surface area contributed by atoms with Crippen LogP contribution in [-0.4, -0.2) is 15.7 Å². The van der Waals surface area contributed by atoms with E-state index in [0.29, 0.717) is 0 Å². The quantitative estimate of drug-likeness (QED) is 0.713. The van der Waals surface area contributed by atoms with Gasteiger partial charge in [0, 0.05) is 11.8 Å². The molecule has 0 N–H and O–H groups in total. The smallest absolute Gasteiger partial charge is 0.267 e.